The van der Waals surface area contributed by atoms with Gasteiger partial charge in [0.15, 0.2) is 5.41 Å². The molecular weight excluding hydrogens is 132 g/mol. The number of carbonyl (C=O) groups is 2. The van der Waals surface area contributed by atoms with Gasteiger partial charge in [0.25, 0.3) is 0 Å². The molecule has 0 saturated heterocycles. The Balaban J connectivity index is 4.40. The summed E-state index contributed by atoms with van der Waals surface area (Å²) >= 11 is 0. The molecule has 0 aliphatic carbocycles. The van der Waals surface area contributed by atoms with E-state index in [1.807, 2.05) is 0 Å². The van der Waals surface area contributed by atoms with Crippen LogP contribution in [0.25, 0.3) is 0 Å². The molecule has 0 bridgehead atoms. The number of hydrogen-bond donors (Lipinski definition) is 0. The Morgan fingerprint density at radius 2 is 1.80 bits per heavy atom. The van der Waals surface area contributed by atoms with E-state index in [0.717, 1.165) is 0 Å². The Bertz CT molecular complexity index is 158. The van der Waals surface area contributed by atoms with Gasteiger partial charge in [0, 0.05) is 0 Å². The van der Waals surface area contributed by atoms with Crippen LogP contribution in [0, 0.1) is 12.3 Å². The van der Waals surface area contributed by atoms with E-state index in [9.17, 15) is 9.59 Å². The minimum Gasteiger partial charge on any atom is -0.468 e. The number of esters is 1. The van der Waals surface area contributed by atoms with E-state index < -0.39 is 17.2 Å². The van der Waals surface area contributed by atoms with Crippen molar-refractivity contribution < 1.29 is 14.3 Å². The van der Waals surface area contributed by atoms with Crippen LogP contribution in [0.3, 0.4) is 0 Å². The zero-order valence-corrected chi connectivity index (χ0v) is 6.43. The lowest BCUT2D eigenvalue weighted by atomic mass is 9.89. The third kappa shape index (κ3) is 1.50. The Hall–Kier alpha value is -0.990. The molecule has 0 amide bonds. The minimum absolute atomic E-state index is 0.431. The van der Waals surface area contributed by atoms with Gasteiger partial charge in [-0.15, -0.1) is 0 Å². The van der Waals surface area contributed by atoms with Crippen LogP contribution < -0.4 is 0 Å². The molecule has 0 aromatic heterocycles. The molecule has 0 aliphatic heterocycles. The standard InChI is InChI=1S/C7H11O3/c1-5(8)7(2,3)6(9)10-4/h1H2,2-4H3/q+1. The number of hydrogen-bond acceptors (Lipinski definition) is 3. The first kappa shape index (κ1) is 9.01. The lowest BCUT2D eigenvalue weighted by molar-refractivity contribution is -0.154. The molecule has 10 heavy (non-hydrogen) atoms. The summed E-state index contributed by atoms with van der Waals surface area (Å²) in [5.74, 6) is -0.980. The van der Waals surface area contributed by atoms with Crippen LogP contribution in [0.4, 0.5) is 0 Å². The summed E-state index contributed by atoms with van der Waals surface area (Å²) in [7, 11) is 1.24. The highest BCUT2D eigenvalue weighted by Gasteiger charge is 2.39. The molecule has 0 N–H and O–H groups in total. The van der Waals surface area contributed by atoms with Gasteiger partial charge >= 0.3 is 11.8 Å². The maximum absolute atomic E-state index is 10.8. The maximum Gasteiger partial charge on any atom is 0.323 e. The van der Waals surface area contributed by atoms with Crippen molar-refractivity contribution in [1.29, 1.82) is 0 Å². The number of methoxy groups -OCH3 is 1. The van der Waals surface area contributed by atoms with Gasteiger partial charge in [-0.05, 0) is 13.8 Å². The number of Topliss-reactive ketones (excluding diaryl/α,β-unsaturated/α-hetero) is 1. The van der Waals surface area contributed by atoms with Crippen molar-refractivity contribution in [3.8, 4) is 0 Å². The van der Waals surface area contributed by atoms with Crippen LogP contribution in [0.2, 0.25) is 0 Å². The quantitative estimate of drug-likeness (QED) is 0.323. The summed E-state index contributed by atoms with van der Waals surface area (Å²) in [6.45, 7) is 6.10. The number of ketones is 1. The zero-order chi connectivity index (χ0) is 8.36. The molecule has 0 radical (unpaired) electrons. The van der Waals surface area contributed by atoms with Crippen LogP contribution in [0.15, 0.2) is 0 Å². The van der Waals surface area contributed by atoms with Crippen molar-refractivity contribution in [2.75, 3.05) is 7.11 Å². The highest BCUT2D eigenvalue weighted by Crippen LogP contribution is 2.17. The molecule has 0 aromatic carbocycles. The number of rotatable bonds is 2. The number of carbonyl (C=O) groups excluding carboxylic acids is 2. The van der Waals surface area contributed by atoms with E-state index in [0.29, 0.717) is 0 Å². The fraction of sp³-hybridized carbons (Fsp3) is 0.571. The molecule has 3 nitrogen and oxygen atoms in total. The second-order valence-corrected chi connectivity index (χ2v) is 2.54. The summed E-state index contributed by atoms with van der Waals surface area (Å²) in [6, 6.07) is 0. The van der Waals surface area contributed by atoms with Crippen molar-refractivity contribution in [2.45, 2.75) is 13.8 Å². The topological polar surface area (TPSA) is 43.4 Å². The maximum atomic E-state index is 10.8. The first-order valence-corrected chi connectivity index (χ1v) is 2.87. The van der Waals surface area contributed by atoms with E-state index in [4.69, 9.17) is 0 Å². The van der Waals surface area contributed by atoms with Crippen LogP contribution in [-0.2, 0) is 14.3 Å². The molecule has 3 heteroatoms. The fourth-order valence-corrected chi connectivity index (χ4v) is 0.369. The minimum atomic E-state index is -1.10. The Kier molecular flexibility index (Phi) is 2.46. The van der Waals surface area contributed by atoms with Gasteiger partial charge in [0.05, 0.1) is 7.11 Å². The van der Waals surface area contributed by atoms with E-state index in [2.05, 4.69) is 11.7 Å². The molecule has 0 heterocycles. The molecule has 0 atom stereocenters. The van der Waals surface area contributed by atoms with Gasteiger partial charge in [0.2, 0.25) is 0 Å². The van der Waals surface area contributed by atoms with Gasteiger partial charge in [-0.25, -0.2) is 4.79 Å². The second kappa shape index (κ2) is 2.73. The molecule has 0 fully saturated rings. The van der Waals surface area contributed by atoms with Crippen molar-refractivity contribution in [1.82, 2.24) is 0 Å². The van der Waals surface area contributed by atoms with E-state index >= 15 is 0 Å². The van der Waals surface area contributed by atoms with E-state index in [1.165, 1.54) is 21.0 Å². The largest absolute Gasteiger partial charge is 0.468 e. The Morgan fingerprint density at radius 3 is 1.90 bits per heavy atom. The highest BCUT2D eigenvalue weighted by atomic mass is 16.5. The lowest BCUT2D eigenvalue weighted by Gasteiger charge is -2.12. The first-order chi connectivity index (χ1) is 4.42. The summed E-state index contributed by atoms with van der Waals surface area (Å²) in [5, 5.41) is 0. The third-order valence-electron chi connectivity index (χ3n) is 1.39. The smallest absolute Gasteiger partial charge is 0.323 e. The zero-order valence-electron chi connectivity index (χ0n) is 6.43. The van der Waals surface area contributed by atoms with Gasteiger partial charge < -0.3 is 4.74 Å². The summed E-state index contributed by atoms with van der Waals surface area (Å²) < 4.78 is 4.38. The van der Waals surface area contributed by atoms with Crippen LogP contribution in [-0.4, -0.2) is 18.9 Å². The second-order valence-electron chi connectivity index (χ2n) is 2.54. The first-order valence-electron chi connectivity index (χ1n) is 2.87. The Labute approximate surface area is 60.4 Å². The van der Waals surface area contributed by atoms with Crippen molar-refractivity contribution in [2.24, 2.45) is 5.41 Å². The van der Waals surface area contributed by atoms with Gasteiger partial charge in [-0.3, -0.25) is 4.79 Å². The molecule has 0 rings (SSSR count). The van der Waals surface area contributed by atoms with Crippen LogP contribution in [0.1, 0.15) is 13.8 Å². The average molecular weight is 143 g/mol. The van der Waals surface area contributed by atoms with Gasteiger partial charge in [-0.1, -0.05) is 0 Å². The van der Waals surface area contributed by atoms with Gasteiger partial charge in [-0.2, -0.15) is 0 Å². The predicted molar refractivity (Wildman–Crippen MR) is 36.2 cm³/mol. The number of ether oxygens (including phenoxy) is 1. The summed E-state index contributed by atoms with van der Waals surface area (Å²) in [5.41, 5.74) is -1.10. The van der Waals surface area contributed by atoms with Crippen LogP contribution in [0.5, 0.6) is 0 Å². The highest BCUT2D eigenvalue weighted by molar-refractivity contribution is 6.04. The molecular formula is C7H11O3+. The molecule has 0 unspecified atom stereocenters. The summed E-state index contributed by atoms with van der Waals surface area (Å²) in [4.78, 5) is 21.4. The lowest BCUT2D eigenvalue weighted by Crippen LogP contribution is -2.32. The molecule has 0 aliphatic rings. The molecule has 56 valence electrons. The SMILES string of the molecule is [CH2+]C(=O)C(C)(C)C(=O)OC. The molecule has 0 spiro atoms. The van der Waals surface area contributed by atoms with Crippen molar-refractivity contribution >= 4 is 11.8 Å². The molecule has 0 saturated carbocycles. The Morgan fingerprint density at radius 1 is 1.40 bits per heavy atom. The third-order valence-corrected chi connectivity index (χ3v) is 1.39. The van der Waals surface area contributed by atoms with Crippen molar-refractivity contribution in [3.05, 3.63) is 6.92 Å². The van der Waals surface area contributed by atoms with E-state index in [1.54, 1.807) is 0 Å². The predicted octanol–water partition coefficient (Wildman–Crippen LogP) is 0.589. The van der Waals surface area contributed by atoms with Gasteiger partial charge in [0.1, 0.15) is 6.92 Å². The normalized spacial score (nSPS) is 10.7. The molecule has 0 aromatic rings. The van der Waals surface area contributed by atoms with E-state index in [-0.39, 0.29) is 0 Å². The average Bonchev–Trinajstić information content (AvgIpc) is 1.86. The fourth-order valence-electron chi connectivity index (χ4n) is 0.369. The monoisotopic (exact) mass is 143 g/mol. The summed E-state index contributed by atoms with van der Waals surface area (Å²) in [6.07, 6.45) is 0. The van der Waals surface area contributed by atoms with Crippen LogP contribution >= 0.6 is 0 Å². The van der Waals surface area contributed by atoms with Crippen molar-refractivity contribution in [3.63, 3.8) is 0 Å².